The van der Waals surface area contributed by atoms with Crippen LogP contribution in [0.2, 0.25) is 0 Å². The Morgan fingerprint density at radius 1 is 1.24 bits per heavy atom. The van der Waals surface area contributed by atoms with Gasteiger partial charge in [0.05, 0.1) is 0 Å². The number of nitrogens with zero attached hydrogens (tertiary/aromatic N) is 2. The van der Waals surface area contributed by atoms with Crippen LogP contribution in [-0.2, 0) is 6.54 Å². The lowest BCUT2D eigenvalue weighted by Crippen LogP contribution is -2.50. The Hall–Kier alpha value is -1.06. The molecule has 0 aliphatic carbocycles. The van der Waals surface area contributed by atoms with Crippen LogP contribution in [0.15, 0.2) is 18.2 Å². The van der Waals surface area contributed by atoms with Crippen molar-refractivity contribution < 1.29 is 0 Å². The van der Waals surface area contributed by atoms with E-state index in [-0.39, 0.29) is 5.54 Å². The first-order valence-corrected chi connectivity index (χ1v) is 8.06. The molecular weight excluding hydrogens is 258 g/mol. The van der Waals surface area contributed by atoms with Crippen LogP contribution < -0.4 is 10.2 Å². The van der Waals surface area contributed by atoms with Crippen molar-refractivity contribution in [3.8, 4) is 0 Å². The van der Waals surface area contributed by atoms with Crippen LogP contribution in [0, 0.1) is 6.92 Å². The fourth-order valence-corrected chi connectivity index (χ4v) is 3.01. The predicted octanol–water partition coefficient (Wildman–Crippen LogP) is 3.02. The van der Waals surface area contributed by atoms with Crippen LogP contribution in [0.3, 0.4) is 0 Å². The van der Waals surface area contributed by atoms with Crippen molar-refractivity contribution in [2.45, 2.75) is 52.7 Å². The molecule has 0 amide bonds. The van der Waals surface area contributed by atoms with Gasteiger partial charge in [-0.1, -0.05) is 12.1 Å². The molecular formula is C18H31N3. The van der Waals surface area contributed by atoms with Gasteiger partial charge in [-0.2, -0.15) is 0 Å². The zero-order valence-electron chi connectivity index (χ0n) is 14.5. The number of benzene rings is 1. The fourth-order valence-electron chi connectivity index (χ4n) is 3.01. The molecule has 1 atom stereocenters. The summed E-state index contributed by atoms with van der Waals surface area (Å²) in [6, 6.07) is 7.49. The van der Waals surface area contributed by atoms with Gasteiger partial charge >= 0.3 is 0 Å². The number of rotatable bonds is 3. The molecule has 0 aromatic heterocycles. The molecule has 21 heavy (non-hydrogen) atoms. The van der Waals surface area contributed by atoms with E-state index in [9.17, 15) is 0 Å². The number of likely N-dealkylation sites (N-methyl/N-ethyl adjacent to an activating group) is 1. The highest BCUT2D eigenvalue weighted by molar-refractivity contribution is 5.55. The van der Waals surface area contributed by atoms with E-state index in [1.54, 1.807) is 0 Å². The van der Waals surface area contributed by atoms with E-state index in [2.05, 4.69) is 75.0 Å². The van der Waals surface area contributed by atoms with Gasteiger partial charge in [-0.3, -0.25) is 0 Å². The highest BCUT2D eigenvalue weighted by atomic mass is 15.3. The summed E-state index contributed by atoms with van der Waals surface area (Å²) >= 11 is 0. The monoisotopic (exact) mass is 289 g/mol. The Kier molecular flexibility index (Phi) is 4.95. The molecule has 3 nitrogen and oxygen atoms in total. The molecule has 3 heteroatoms. The van der Waals surface area contributed by atoms with Gasteiger partial charge < -0.3 is 15.1 Å². The van der Waals surface area contributed by atoms with E-state index in [0.717, 1.165) is 26.2 Å². The predicted molar refractivity (Wildman–Crippen MR) is 92.1 cm³/mol. The Bertz CT molecular complexity index is 476. The van der Waals surface area contributed by atoms with Crippen molar-refractivity contribution in [3.63, 3.8) is 0 Å². The van der Waals surface area contributed by atoms with Crippen LogP contribution in [0.1, 0.15) is 38.8 Å². The first-order chi connectivity index (χ1) is 9.76. The molecule has 1 aliphatic rings. The Labute approximate surface area is 130 Å². The van der Waals surface area contributed by atoms with Gasteiger partial charge in [0.2, 0.25) is 0 Å². The first kappa shape index (κ1) is 16.3. The van der Waals surface area contributed by atoms with Gasteiger partial charge in [0.1, 0.15) is 0 Å². The quantitative estimate of drug-likeness (QED) is 0.923. The summed E-state index contributed by atoms with van der Waals surface area (Å²) in [7, 11) is 2.21. The highest BCUT2D eigenvalue weighted by Crippen LogP contribution is 2.25. The summed E-state index contributed by atoms with van der Waals surface area (Å²) in [6.07, 6.45) is 0. The summed E-state index contributed by atoms with van der Waals surface area (Å²) < 4.78 is 0. The second-order valence-electron chi connectivity index (χ2n) is 7.53. The lowest BCUT2D eigenvalue weighted by molar-refractivity contribution is 0.275. The Morgan fingerprint density at radius 2 is 1.95 bits per heavy atom. The standard InChI is InChI=1S/C18H31N3/c1-14-11-16(12-19-18(3,4)5)7-8-17(14)21-10-9-20(6)13-15(21)2/h7-8,11,15,19H,9-10,12-13H2,1-6H3. The third-order valence-corrected chi connectivity index (χ3v) is 4.22. The lowest BCUT2D eigenvalue weighted by atomic mass is 10.0. The maximum absolute atomic E-state index is 3.56. The normalized spacial score (nSPS) is 20.9. The summed E-state index contributed by atoms with van der Waals surface area (Å²) in [6.45, 7) is 15.5. The Morgan fingerprint density at radius 3 is 2.52 bits per heavy atom. The van der Waals surface area contributed by atoms with Crippen LogP contribution in [0.4, 0.5) is 5.69 Å². The smallest absolute Gasteiger partial charge is 0.0399 e. The molecule has 1 unspecified atom stereocenters. The lowest BCUT2D eigenvalue weighted by Gasteiger charge is -2.40. The van der Waals surface area contributed by atoms with Gasteiger partial charge in [-0.25, -0.2) is 0 Å². The zero-order valence-corrected chi connectivity index (χ0v) is 14.5. The third-order valence-electron chi connectivity index (χ3n) is 4.22. The number of hydrogen-bond donors (Lipinski definition) is 1. The summed E-state index contributed by atoms with van der Waals surface area (Å²) in [4.78, 5) is 4.97. The minimum Gasteiger partial charge on any atom is -0.366 e. The van der Waals surface area contributed by atoms with Crippen LogP contribution >= 0.6 is 0 Å². The molecule has 2 rings (SSSR count). The number of piperazine rings is 1. The summed E-state index contributed by atoms with van der Waals surface area (Å²) in [5, 5.41) is 3.56. The van der Waals surface area contributed by atoms with Crippen LogP contribution in [0.25, 0.3) is 0 Å². The van der Waals surface area contributed by atoms with Crippen LogP contribution in [0.5, 0.6) is 0 Å². The molecule has 0 spiro atoms. The molecule has 118 valence electrons. The maximum atomic E-state index is 3.56. The SMILES string of the molecule is Cc1cc(CNC(C)(C)C)ccc1N1CCN(C)CC1C. The summed E-state index contributed by atoms with van der Waals surface area (Å²) in [5.74, 6) is 0. The number of nitrogens with one attached hydrogen (secondary N) is 1. The largest absolute Gasteiger partial charge is 0.366 e. The molecule has 0 radical (unpaired) electrons. The molecule has 0 saturated carbocycles. The van der Waals surface area contributed by atoms with Gasteiger partial charge in [-0.15, -0.1) is 0 Å². The highest BCUT2D eigenvalue weighted by Gasteiger charge is 2.22. The van der Waals surface area contributed by atoms with Crippen molar-refractivity contribution in [1.82, 2.24) is 10.2 Å². The van der Waals surface area contributed by atoms with Gasteiger partial charge in [0.15, 0.2) is 0 Å². The van der Waals surface area contributed by atoms with E-state index >= 15 is 0 Å². The minimum atomic E-state index is 0.165. The first-order valence-electron chi connectivity index (χ1n) is 8.06. The molecule has 1 N–H and O–H groups in total. The molecule has 0 bridgehead atoms. The molecule has 1 aromatic rings. The molecule has 1 aliphatic heterocycles. The van der Waals surface area contributed by atoms with E-state index in [1.807, 2.05) is 0 Å². The minimum absolute atomic E-state index is 0.165. The number of aryl methyl sites for hydroxylation is 1. The van der Waals surface area contributed by atoms with E-state index < -0.39 is 0 Å². The fraction of sp³-hybridized carbons (Fsp3) is 0.667. The van der Waals surface area contributed by atoms with Gasteiger partial charge in [-0.05, 0) is 58.9 Å². The van der Waals surface area contributed by atoms with E-state index in [0.29, 0.717) is 6.04 Å². The van der Waals surface area contributed by atoms with Crippen molar-refractivity contribution in [3.05, 3.63) is 29.3 Å². The second kappa shape index (κ2) is 6.37. The molecule has 1 fully saturated rings. The molecule has 1 saturated heterocycles. The van der Waals surface area contributed by atoms with E-state index in [1.165, 1.54) is 16.8 Å². The Balaban J connectivity index is 2.09. The second-order valence-corrected chi connectivity index (χ2v) is 7.53. The average Bonchev–Trinajstić information content (AvgIpc) is 2.37. The van der Waals surface area contributed by atoms with Gasteiger partial charge in [0, 0.05) is 43.4 Å². The average molecular weight is 289 g/mol. The van der Waals surface area contributed by atoms with Crippen molar-refractivity contribution in [2.24, 2.45) is 0 Å². The van der Waals surface area contributed by atoms with Gasteiger partial charge in [0.25, 0.3) is 0 Å². The van der Waals surface area contributed by atoms with Crippen molar-refractivity contribution in [1.29, 1.82) is 0 Å². The van der Waals surface area contributed by atoms with Crippen molar-refractivity contribution in [2.75, 3.05) is 31.6 Å². The number of anilines is 1. The van der Waals surface area contributed by atoms with Crippen LogP contribution in [-0.4, -0.2) is 43.2 Å². The topological polar surface area (TPSA) is 18.5 Å². The summed E-state index contributed by atoms with van der Waals surface area (Å²) in [5.41, 5.74) is 4.32. The van der Waals surface area contributed by atoms with E-state index in [4.69, 9.17) is 0 Å². The molecule has 1 heterocycles. The maximum Gasteiger partial charge on any atom is 0.0399 e. The molecule has 1 aromatic carbocycles. The number of hydrogen-bond acceptors (Lipinski definition) is 3. The van der Waals surface area contributed by atoms with Crippen molar-refractivity contribution >= 4 is 5.69 Å². The zero-order chi connectivity index (χ0) is 15.6. The third kappa shape index (κ3) is 4.45.